The third kappa shape index (κ3) is 1.31. The smallest absolute Gasteiger partial charge is 0.233 e. The largest absolute Gasteiger partial charge is 0.291 e. The average Bonchev–Trinajstić information content (AvgIpc) is 2.39. The number of fused-ring (bicyclic) bond motifs is 2. The molecule has 0 aromatic carbocycles. The van der Waals surface area contributed by atoms with Crippen LogP contribution in [0, 0.1) is 16.7 Å². The van der Waals surface area contributed by atoms with Gasteiger partial charge in [-0.05, 0) is 18.3 Å². The normalized spacial score (nSPS) is 37.1. The Kier molecular flexibility index (Phi) is 2.31. The summed E-state index contributed by atoms with van der Waals surface area (Å²) < 4.78 is 22.4. The highest BCUT2D eigenvalue weighted by Crippen LogP contribution is 2.62. The van der Waals surface area contributed by atoms with Crippen molar-refractivity contribution in [3.63, 3.8) is 0 Å². The Morgan fingerprint density at radius 2 is 1.94 bits per heavy atom. The molecule has 4 nitrogen and oxygen atoms in total. The van der Waals surface area contributed by atoms with Gasteiger partial charge < -0.3 is 0 Å². The van der Waals surface area contributed by atoms with E-state index in [1.54, 1.807) is 13.8 Å². The lowest BCUT2D eigenvalue weighted by atomic mass is 9.70. The Labute approximate surface area is 98.8 Å². The van der Waals surface area contributed by atoms with Gasteiger partial charge in [0.2, 0.25) is 20.6 Å². The predicted molar refractivity (Wildman–Crippen MR) is 58.6 cm³/mol. The van der Waals surface area contributed by atoms with Crippen molar-refractivity contribution in [3.8, 4) is 0 Å². The molecule has 0 radical (unpaired) electrons. The SMILES string of the molecule is CC1(C)[C@@H]2CC[C@@]1(CS(=O)(=O)Cl)C(=O)C2=O. The molecule has 6 heteroatoms. The zero-order valence-electron chi connectivity index (χ0n) is 9.12. The van der Waals surface area contributed by atoms with Crippen LogP contribution >= 0.6 is 10.7 Å². The number of halogens is 1. The van der Waals surface area contributed by atoms with E-state index in [4.69, 9.17) is 10.7 Å². The number of Topliss-reactive ketones (excluding diaryl/α,β-unsaturated/α-hetero) is 2. The Morgan fingerprint density at radius 1 is 1.38 bits per heavy atom. The van der Waals surface area contributed by atoms with Gasteiger partial charge in [0.25, 0.3) is 0 Å². The number of hydrogen-bond donors (Lipinski definition) is 0. The van der Waals surface area contributed by atoms with E-state index in [-0.39, 0.29) is 5.92 Å². The van der Waals surface area contributed by atoms with Gasteiger partial charge >= 0.3 is 0 Å². The zero-order chi connectivity index (χ0) is 12.4. The summed E-state index contributed by atoms with van der Waals surface area (Å²) in [5, 5.41) is 0. The molecule has 0 unspecified atom stereocenters. The van der Waals surface area contributed by atoms with Crippen LogP contribution in [-0.4, -0.2) is 25.7 Å². The Hall–Kier alpha value is -0.420. The standard InChI is InChI=1S/C10H13ClO4S/c1-9(2)6-3-4-10(9,5-16(11,14)15)8(13)7(6)12/h6H,3-5H2,1-2H3/t6-,10-/m1/s1. The van der Waals surface area contributed by atoms with Crippen LogP contribution < -0.4 is 0 Å². The van der Waals surface area contributed by atoms with Crippen LogP contribution in [0.25, 0.3) is 0 Å². The topological polar surface area (TPSA) is 68.3 Å². The zero-order valence-corrected chi connectivity index (χ0v) is 10.7. The van der Waals surface area contributed by atoms with E-state index >= 15 is 0 Å². The first-order valence-corrected chi connectivity index (χ1v) is 7.61. The van der Waals surface area contributed by atoms with E-state index < -0.39 is 37.2 Å². The molecule has 0 heterocycles. The second-order valence-corrected chi connectivity index (χ2v) is 8.05. The van der Waals surface area contributed by atoms with Gasteiger partial charge in [0.1, 0.15) is 0 Å². The first kappa shape index (κ1) is 12.0. The fourth-order valence-corrected chi connectivity index (χ4v) is 5.08. The van der Waals surface area contributed by atoms with E-state index in [1.165, 1.54) is 0 Å². The first-order valence-electron chi connectivity index (χ1n) is 5.13. The molecule has 0 aliphatic heterocycles. The maximum absolute atomic E-state index is 11.9. The summed E-state index contributed by atoms with van der Waals surface area (Å²) in [6.45, 7) is 3.57. The molecule has 0 aromatic rings. The Morgan fingerprint density at radius 3 is 2.31 bits per heavy atom. The monoisotopic (exact) mass is 264 g/mol. The summed E-state index contributed by atoms with van der Waals surface area (Å²) in [6, 6.07) is 0. The van der Waals surface area contributed by atoms with Crippen LogP contribution in [0.3, 0.4) is 0 Å². The number of hydrogen-bond acceptors (Lipinski definition) is 4. The van der Waals surface area contributed by atoms with E-state index in [9.17, 15) is 18.0 Å². The maximum Gasteiger partial charge on any atom is 0.233 e. The van der Waals surface area contributed by atoms with Crippen LogP contribution in [0.1, 0.15) is 26.7 Å². The molecule has 2 rings (SSSR count). The molecule has 2 aliphatic rings. The molecule has 16 heavy (non-hydrogen) atoms. The van der Waals surface area contributed by atoms with Crippen molar-refractivity contribution in [2.24, 2.45) is 16.7 Å². The number of ketones is 2. The molecule has 2 saturated carbocycles. The van der Waals surface area contributed by atoms with E-state index in [2.05, 4.69) is 0 Å². The molecular weight excluding hydrogens is 252 g/mol. The molecular formula is C10H13ClO4S. The molecule has 0 aromatic heterocycles. The van der Waals surface area contributed by atoms with Gasteiger partial charge in [0.15, 0.2) is 0 Å². The Balaban J connectivity index is 2.54. The average molecular weight is 265 g/mol. The lowest BCUT2D eigenvalue weighted by Crippen LogP contribution is -2.42. The molecule has 2 fully saturated rings. The van der Waals surface area contributed by atoms with Crippen molar-refractivity contribution >= 4 is 31.3 Å². The summed E-state index contributed by atoms with van der Waals surface area (Å²) in [5.41, 5.74) is -1.68. The predicted octanol–water partition coefficient (Wildman–Crippen LogP) is 1.13. The van der Waals surface area contributed by atoms with Crippen LogP contribution in [0.2, 0.25) is 0 Å². The number of carbonyl (C=O) groups is 2. The van der Waals surface area contributed by atoms with Crippen LogP contribution in [0.4, 0.5) is 0 Å². The molecule has 2 aliphatic carbocycles. The van der Waals surface area contributed by atoms with Gasteiger partial charge in [-0.2, -0.15) is 0 Å². The van der Waals surface area contributed by atoms with Crippen molar-refractivity contribution in [1.82, 2.24) is 0 Å². The van der Waals surface area contributed by atoms with Gasteiger partial charge in [-0.15, -0.1) is 0 Å². The minimum absolute atomic E-state index is 0.335. The van der Waals surface area contributed by atoms with Gasteiger partial charge in [0, 0.05) is 16.6 Å². The second-order valence-electron chi connectivity index (χ2n) is 5.27. The summed E-state index contributed by atoms with van der Waals surface area (Å²) in [5.74, 6) is -1.72. The third-order valence-corrected chi connectivity index (χ3v) is 5.52. The highest BCUT2D eigenvalue weighted by Gasteiger charge is 2.69. The minimum atomic E-state index is -3.78. The molecule has 0 amide bonds. The number of carbonyl (C=O) groups excluding carboxylic acids is 2. The van der Waals surface area contributed by atoms with Crippen LogP contribution in [0.15, 0.2) is 0 Å². The van der Waals surface area contributed by atoms with E-state index in [0.29, 0.717) is 12.8 Å². The quantitative estimate of drug-likeness (QED) is 0.554. The third-order valence-electron chi connectivity index (χ3n) is 4.36. The van der Waals surface area contributed by atoms with Crippen LogP contribution in [0.5, 0.6) is 0 Å². The first-order chi connectivity index (χ1) is 7.12. The summed E-state index contributed by atoms with van der Waals surface area (Å²) in [7, 11) is 1.47. The fourth-order valence-electron chi connectivity index (χ4n) is 3.28. The van der Waals surface area contributed by atoms with Crippen molar-refractivity contribution in [3.05, 3.63) is 0 Å². The van der Waals surface area contributed by atoms with Gasteiger partial charge in [0.05, 0.1) is 11.2 Å². The molecule has 90 valence electrons. The maximum atomic E-state index is 11.9. The minimum Gasteiger partial charge on any atom is -0.291 e. The highest BCUT2D eigenvalue weighted by molar-refractivity contribution is 8.13. The lowest BCUT2D eigenvalue weighted by Gasteiger charge is -2.34. The van der Waals surface area contributed by atoms with Gasteiger partial charge in [-0.25, -0.2) is 8.42 Å². The molecule has 0 saturated heterocycles. The Bertz CT molecular complexity index is 479. The van der Waals surface area contributed by atoms with Crippen molar-refractivity contribution in [2.45, 2.75) is 26.7 Å². The van der Waals surface area contributed by atoms with E-state index in [0.717, 1.165) is 0 Å². The summed E-state index contributed by atoms with van der Waals surface area (Å²) >= 11 is 0. The van der Waals surface area contributed by atoms with Gasteiger partial charge in [-0.1, -0.05) is 13.8 Å². The number of rotatable bonds is 2. The molecule has 2 atom stereocenters. The van der Waals surface area contributed by atoms with Crippen molar-refractivity contribution in [1.29, 1.82) is 0 Å². The van der Waals surface area contributed by atoms with Crippen molar-refractivity contribution in [2.75, 3.05) is 5.75 Å². The highest BCUT2D eigenvalue weighted by atomic mass is 35.7. The summed E-state index contributed by atoms with van der Waals surface area (Å²) in [6.07, 6.45) is 1.03. The molecule has 0 N–H and O–H groups in total. The van der Waals surface area contributed by atoms with Crippen LogP contribution in [-0.2, 0) is 18.6 Å². The van der Waals surface area contributed by atoms with E-state index in [1.807, 2.05) is 0 Å². The fraction of sp³-hybridized carbons (Fsp3) is 0.800. The summed E-state index contributed by atoms with van der Waals surface area (Å²) in [4.78, 5) is 23.6. The molecule has 2 bridgehead atoms. The van der Waals surface area contributed by atoms with Crippen molar-refractivity contribution < 1.29 is 18.0 Å². The molecule has 0 spiro atoms. The lowest BCUT2D eigenvalue weighted by molar-refractivity contribution is -0.141. The second kappa shape index (κ2) is 3.07. The van der Waals surface area contributed by atoms with Gasteiger partial charge in [-0.3, -0.25) is 9.59 Å².